The van der Waals surface area contributed by atoms with Crippen molar-refractivity contribution in [2.75, 3.05) is 26.2 Å². The number of nitrogens with zero attached hydrogens (tertiary/aromatic N) is 2. The van der Waals surface area contributed by atoms with Gasteiger partial charge < -0.3 is 14.6 Å². The maximum absolute atomic E-state index is 13.1. The Bertz CT molecular complexity index is 1060. The van der Waals surface area contributed by atoms with Crippen molar-refractivity contribution in [2.24, 2.45) is 0 Å². The molecular weight excluding hydrogens is 414 g/mol. The van der Waals surface area contributed by atoms with E-state index in [1.807, 2.05) is 12.2 Å². The molecule has 8 heteroatoms. The van der Waals surface area contributed by atoms with Crippen LogP contribution in [0.3, 0.4) is 0 Å². The predicted molar refractivity (Wildman–Crippen MR) is 121 cm³/mol. The van der Waals surface area contributed by atoms with Crippen molar-refractivity contribution in [2.45, 2.75) is 43.1 Å². The number of sulfone groups is 1. The summed E-state index contributed by atoms with van der Waals surface area (Å²) in [6.45, 7) is 5.24. The molecule has 166 valence electrons. The molecule has 1 atom stereocenters. The number of piperidine rings is 1. The monoisotopic (exact) mass is 443 g/mol. The Kier molecular flexibility index (Phi) is 6.57. The minimum Gasteiger partial charge on any atom is -0.449 e. The number of hydrogen-bond acceptors (Lipinski definition) is 6. The predicted octanol–water partition coefficient (Wildman–Crippen LogP) is 3.10. The fourth-order valence-corrected chi connectivity index (χ4v) is 6.33. The zero-order chi connectivity index (χ0) is 21.8. The molecule has 3 heterocycles. The van der Waals surface area contributed by atoms with Gasteiger partial charge in [0.05, 0.1) is 16.7 Å². The number of fused-ring (bicyclic) bond motifs is 1. The van der Waals surface area contributed by atoms with E-state index in [1.165, 1.54) is 0 Å². The highest BCUT2D eigenvalue weighted by Crippen LogP contribution is 2.26. The molecule has 1 aliphatic carbocycles. The topological polar surface area (TPSA) is 92.5 Å². The Balaban J connectivity index is 1.30. The first-order chi connectivity index (χ1) is 15.0. The minimum absolute atomic E-state index is 0.234. The number of nitrogens with one attached hydrogen (secondary N) is 1. The standard InChI is InChI=1S/C23H29N3O4S/c1-2-11-26-12-8-20(9-13-26)31(28,29)19-5-3-17(4-6-19)15-25-23(27)21-14-18-7-10-24-16-22(18)30-21/h3-5,7,10,14,16,19-20H,2,6,8-9,11-13,15H2,1H3,(H,25,27). The summed E-state index contributed by atoms with van der Waals surface area (Å²) in [5, 5.41) is 2.93. The van der Waals surface area contributed by atoms with E-state index in [0.717, 1.165) is 37.0 Å². The Labute approximate surface area is 183 Å². The molecule has 1 aliphatic heterocycles. The summed E-state index contributed by atoms with van der Waals surface area (Å²) < 4.78 is 31.7. The molecule has 0 aromatic carbocycles. The first-order valence-corrected chi connectivity index (χ1v) is 12.5. The van der Waals surface area contributed by atoms with Gasteiger partial charge in [-0.05, 0) is 63.0 Å². The van der Waals surface area contributed by atoms with E-state index < -0.39 is 15.1 Å². The van der Waals surface area contributed by atoms with Gasteiger partial charge in [0.15, 0.2) is 21.2 Å². The first kappa shape index (κ1) is 21.8. The zero-order valence-corrected chi connectivity index (χ0v) is 18.6. The van der Waals surface area contributed by atoms with Crippen LogP contribution in [0.4, 0.5) is 0 Å². The van der Waals surface area contributed by atoms with Gasteiger partial charge in [0, 0.05) is 18.1 Å². The zero-order valence-electron chi connectivity index (χ0n) is 17.8. The quantitative estimate of drug-likeness (QED) is 0.707. The van der Waals surface area contributed by atoms with Crippen LogP contribution in [0.1, 0.15) is 43.2 Å². The Morgan fingerprint density at radius 1 is 1.32 bits per heavy atom. The summed E-state index contributed by atoms with van der Waals surface area (Å²) in [7, 11) is -3.20. The highest BCUT2D eigenvalue weighted by molar-refractivity contribution is 7.92. The van der Waals surface area contributed by atoms with Crippen molar-refractivity contribution in [3.8, 4) is 0 Å². The number of likely N-dealkylation sites (tertiary alicyclic amines) is 1. The minimum atomic E-state index is -3.20. The van der Waals surface area contributed by atoms with Gasteiger partial charge in [0.2, 0.25) is 0 Å². The van der Waals surface area contributed by atoms with E-state index in [4.69, 9.17) is 4.42 Å². The van der Waals surface area contributed by atoms with Gasteiger partial charge in [-0.1, -0.05) is 25.2 Å². The van der Waals surface area contributed by atoms with Crippen LogP contribution < -0.4 is 5.32 Å². The fourth-order valence-electron chi connectivity index (χ4n) is 4.31. The van der Waals surface area contributed by atoms with Gasteiger partial charge in [-0.25, -0.2) is 8.42 Å². The van der Waals surface area contributed by atoms with Gasteiger partial charge in [-0.3, -0.25) is 9.78 Å². The molecular formula is C23H29N3O4S. The van der Waals surface area contributed by atoms with Crippen LogP contribution in [0.2, 0.25) is 0 Å². The second-order valence-electron chi connectivity index (χ2n) is 8.25. The number of pyridine rings is 1. The van der Waals surface area contributed by atoms with Crippen LogP contribution in [0.5, 0.6) is 0 Å². The van der Waals surface area contributed by atoms with E-state index in [1.54, 1.807) is 30.6 Å². The van der Waals surface area contributed by atoms with Gasteiger partial charge in [-0.15, -0.1) is 0 Å². The highest BCUT2D eigenvalue weighted by Gasteiger charge is 2.35. The maximum atomic E-state index is 13.1. The average molecular weight is 444 g/mol. The van der Waals surface area contributed by atoms with Gasteiger partial charge in [0.1, 0.15) is 0 Å². The largest absolute Gasteiger partial charge is 0.449 e. The average Bonchev–Trinajstić information content (AvgIpc) is 3.23. The summed E-state index contributed by atoms with van der Waals surface area (Å²) in [4.78, 5) is 18.7. The van der Waals surface area contributed by atoms with Crippen LogP contribution in [0, 0.1) is 0 Å². The smallest absolute Gasteiger partial charge is 0.287 e. The normalized spacial score (nSPS) is 20.7. The van der Waals surface area contributed by atoms with Crippen LogP contribution in [0.25, 0.3) is 11.0 Å². The Morgan fingerprint density at radius 2 is 2.13 bits per heavy atom. The van der Waals surface area contributed by atoms with Crippen LogP contribution in [-0.4, -0.2) is 60.9 Å². The molecule has 2 aliphatic rings. The first-order valence-electron chi connectivity index (χ1n) is 10.9. The molecule has 7 nitrogen and oxygen atoms in total. The van der Waals surface area contributed by atoms with E-state index in [2.05, 4.69) is 22.1 Å². The number of amides is 1. The molecule has 1 amide bonds. The SMILES string of the molecule is CCCN1CCC(S(=O)(=O)C2C=CC(CNC(=O)c3cc4ccncc4o3)=CC2)CC1. The third kappa shape index (κ3) is 4.91. The third-order valence-electron chi connectivity index (χ3n) is 6.10. The summed E-state index contributed by atoms with van der Waals surface area (Å²) in [6, 6.07) is 3.47. The number of rotatable bonds is 7. The molecule has 2 aromatic rings. The van der Waals surface area contributed by atoms with Gasteiger partial charge in [0.25, 0.3) is 5.91 Å². The van der Waals surface area contributed by atoms with Crippen molar-refractivity contribution < 1.29 is 17.6 Å². The number of carbonyl (C=O) groups is 1. The van der Waals surface area contributed by atoms with E-state index in [9.17, 15) is 13.2 Å². The second-order valence-corrected chi connectivity index (χ2v) is 10.7. The second kappa shape index (κ2) is 9.36. The van der Waals surface area contributed by atoms with Crippen molar-refractivity contribution in [3.63, 3.8) is 0 Å². The summed E-state index contributed by atoms with van der Waals surface area (Å²) in [6.07, 6.45) is 11.7. The molecule has 31 heavy (non-hydrogen) atoms. The molecule has 2 aromatic heterocycles. The molecule has 1 fully saturated rings. The van der Waals surface area contributed by atoms with Crippen molar-refractivity contribution in [3.05, 3.63) is 54.1 Å². The highest BCUT2D eigenvalue weighted by atomic mass is 32.2. The third-order valence-corrected chi connectivity index (χ3v) is 8.69. The maximum Gasteiger partial charge on any atom is 0.287 e. The number of allylic oxidation sites excluding steroid dienone is 1. The number of aromatic nitrogens is 1. The van der Waals surface area contributed by atoms with Crippen molar-refractivity contribution in [1.29, 1.82) is 0 Å². The molecule has 1 unspecified atom stereocenters. The van der Waals surface area contributed by atoms with Gasteiger partial charge >= 0.3 is 0 Å². The lowest BCUT2D eigenvalue weighted by Gasteiger charge is -2.33. The van der Waals surface area contributed by atoms with Crippen LogP contribution in [-0.2, 0) is 9.84 Å². The van der Waals surface area contributed by atoms with E-state index in [0.29, 0.717) is 31.4 Å². The van der Waals surface area contributed by atoms with E-state index >= 15 is 0 Å². The van der Waals surface area contributed by atoms with E-state index in [-0.39, 0.29) is 16.9 Å². The van der Waals surface area contributed by atoms with Crippen LogP contribution >= 0.6 is 0 Å². The lowest BCUT2D eigenvalue weighted by Crippen LogP contribution is -2.42. The summed E-state index contributed by atoms with van der Waals surface area (Å²) in [5.74, 6) is -0.0719. The summed E-state index contributed by atoms with van der Waals surface area (Å²) >= 11 is 0. The number of furan rings is 1. The van der Waals surface area contributed by atoms with Crippen molar-refractivity contribution >= 4 is 26.7 Å². The molecule has 1 N–H and O–H groups in total. The van der Waals surface area contributed by atoms with Gasteiger partial charge in [-0.2, -0.15) is 0 Å². The van der Waals surface area contributed by atoms with Crippen LogP contribution in [0.15, 0.2) is 52.7 Å². The molecule has 0 saturated carbocycles. The summed E-state index contributed by atoms with van der Waals surface area (Å²) in [5.41, 5.74) is 1.47. The van der Waals surface area contributed by atoms with Crippen molar-refractivity contribution in [1.82, 2.24) is 15.2 Å². The number of carbonyl (C=O) groups excluding carboxylic acids is 1. The number of hydrogen-bond donors (Lipinski definition) is 1. The molecule has 0 radical (unpaired) electrons. The molecule has 4 rings (SSSR count). The molecule has 0 bridgehead atoms. The molecule has 1 saturated heterocycles. The lowest BCUT2D eigenvalue weighted by atomic mass is 10.1. The Hall–Kier alpha value is -2.45. The lowest BCUT2D eigenvalue weighted by molar-refractivity contribution is 0.0932. The Morgan fingerprint density at radius 3 is 2.81 bits per heavy atom. The fraction of sp³-hybridized carbons (Fsp3) is 0.478. The molecule has 0 spiro atoms.